The molecular formula is C25H31N3O6. The van der Waals surface area contributed by atoms with Gasteiger partial charge in [-0.3, -0.25) is 14.4 Å². The van der Waals surface area contributed by atoms with Crippen molar-refractivity contribution in [2.24, 2.45) is 11.7 Å². The van der Waals surface area contributed by atoms with E-state index in [4.69, 9.17) is 15.2 Å². The summed E-state index contributed by atoms with van der Waals surface area (Å²) in [5.41, 5.74) is 7.07. The van der Waals surface area contributed by atoms with Gasteiger partial charge in [-0.25, -0.2) is 4.79 Å². The number of benzene rings is 2. The first-order chi connectivity index (χ1) is 16.3. The number of hydrogen-bond acceptors (Lipinski definition) is 6. The zero-order valence-corrected chi connectivity index (χ0v) is 19.4. The van der Waals surface area contributed by atoms with Crippen LogP contribution in [-0.4, -0.2) is 42.6 Å². The van der Waals surface area contributed by atoms with E-state index < -0.39 is 41.9 Å². The molecule has 0 aromatic heterocycles. The molecule has 0 heterocycles. The van der Waals surface area contributed by atoms with Crippen LogP contribution < -0.4 is 16.4 Å². The van der Waals surface area contributed by atoms with E-state index in [1.807, 2.05) is 60.7 Å². The number of alkyl carbamates (subject to hydrolysis) is 1. The molecule has 182 valence electrons. The maximum atomic E-state index is 13.1. The predicted molar refractivity (Wildman–Crippen MR) is 125 cm³/mol. The maximum absolute atomic E-state index is 13.1. The Balaban J connectivity index is 2.09. The molecular weight excluding hydrogens is 438 g/mol. The smallest absolute Gasteiger partial charge is 0.408 e. The van der Waals surface area contributed by atoms with E-state index in [2.05, 4.69) is 10.6 Å². The number of nitrogens with one attached hydrogen (secondary N) is 2. The van der Waals surface area contributed by atoms with Crippen LogP contribution in [-0.2, 0) is 36.9 Å². The molecule has 0 spiro atoms. The van der Waals surface area contributed by atoms with Crippen LogP contribution >= 0.6 is 0 Å². The Kier molecular flexibility index (Phi) is 10.6. The first kappa shape index (κ1) is 26.4. The molecule has 0 unspecified atom stereocenters. The number of primary amides is 1. The highest BCUT2D eigenvalue weighted by Gasteiger charge is 2.31. The number of hydrogen-bond donors (Lipinski definition) is 3. The standard InChI is InChI=1S/C25H31N3O6/c1-3-33-21(29)14-17(2)22(23(26)30)28-24(31)20(15-18-10-6-4-7-11-18)27-25(32)34-16-19-12-8-5-9-13-19/h4-13,17,20,22H,3,14-16H2,1-2H3,(H2,26,30)(H,27,32)(H,28,31)/t17-,20+,22+/m0/s1. The van der Waals surface area contributed by atoms with Crippen molar-refractivity contribution in [3.05, 3.63) is 71.8 Å². The van der Waals surface area contributed by atoms with Crippen LogP contribution in [0.4, 0.5) is 4.79 Å². The van der Waals surface area contributed by atoms with Gasteiger partial charge in [-0.1, -0.05) is 67.6 Å². The summed E-state index contributed by atoms with van der Waals surface area (Å²) in [7, 11) is 0. The summed E-state index contributed by atoms with van der Waals surface area (Å²) in [6.45, 7) is 3.52. The molecule has 3 atom stereocenters. The minimum Gasteiger partial charge on any atom is -0.466 e. The molecule has 0 aliphatic heterocycles. The lowest BCUT2D eigenvalue weighted by Gasteiger charge is -2.25. The van der Waals surface area contributed by atoms with Gasteiger partial charge in [0, 0.05) is 6.42 Å². The average molecular weight is 470 g/mol. The minimum atomic E-state index is -1.13. The summed E-state index contributed by atoms with van der Waals surface area (Å²) in [5, 5.41) is 5.13. The van der Waals surface area contributed by atoms with Gasteiger partial charge in [0.15, 0.2) is 0 Å². The molecule has 0 bridgehead atoms. The van der Waals surface area contributed by atoms with Crippen LogP contribution in [0.3, 0.4) is 0 Å². The van der Waals surface area contributed by atoms with E-state index in [-0.39, 0.29) is 26.1 Å². The number of nitrogens with two attached hydrogens (primary N) is 1. The number of amides is 3. The van der Waals surface area contributed by atoms with Crippen molar-refractivity contribution < 1.29 is 28.7 Å². The maximum Gasteiger partial charge on any atom is 0.408 e. The second kappa shape index (κ2) is 13.6. The van der Waals surface area contributed by atoms with Crippen molar-refractivity contribution in [3.63, 3.8) is 0 Å². The fourth-order valence-corrected chi connectivity index (χ4v) is 3.31. The number of carbonyl (C=O) groups excluding carboxylic acids is 4. The molecule has 9 nitrogen and oxygen atoms in total. The lowest BCUT2D eigenvalue weighted by molar-refractivity contribution is -0.145. The van der Waals surface area contributed by atoms with Crippen molar-refractivity contribution in [2.45, 2.75) is 45.4 Å². The van der Waals surface area contributed by atoms with Crippen LogP contribution in [0, 0.1) is 5.92 Å². The van der Waals surface area contributed by atoms with Gasteiger partial charge in [0.2, 0.25) is 11.8 Å². The normalized spacial score (nSPS) is 13.1. The summed E-state index contributed by atoms with van der Waals surface area (Å²) < 4.78 is 10.2. The Morgan fingerprint density at radius 3 is 2.03 bits per heavy atom. The summed E-state index contributed by atoms with van der Waals surface area (Å²) >= 11 is 0. The molecule has 9 heteroatoms. The molecule has 0 aliphatic rings. The average Bonchev–Trinajstić information content (AvgIpc) is 2.81. The van der Waals surface area contributed by atoms with Crippen LogP contribution in [0.5, 0.6) is 0 Å². The Hall–Kier alpha value is -3.88. The highest BCUT2D eigenvalue weighted by molar-refractivity contribution is 5.91. The van der Waals surface area contributed by atoms with Crippen molar-refractivity contribution in [1.82, 2.24) is 10.6 Å². The monoisotopic (exact) mass is 469 g/mol. The molecule has 0 saturated carbocycles. The lowest BCUT2D eigenvalue weighted by Crippen LogP contribution is -2.55. The number of carbonyl (C=O) groups is 4. The quantitative estimate of drug-likeness (QED) is 0.407. The zero-order valence-electron chi connectivity index (χ0n) is 19.4. The fraction of sp³-hybridized carbons (Fsp3) is 0.360. The third kappa shape index (κ3) is 8.93. The van der Waals surface area contributed by atoms with Crippen LogP contribution in [0.15, 0.2) is 60.7 Å². The second-order valence-corrected chi connectivity index (χ2v) is 7.82. The molecule has 2 rings (SSSR count). The van der Waals surface area contributed by atoms with E-state index in [0.717, 1.165) is 11.1 Å². The van der Waals surface area contributed by atoms with E-state index in [9.17, 15) is 19.2 Å². The van der Waals surface area contributed by atoms with Gasteiger partial charge in [-0.15, -0.1) is 0 Å². The summed E-state index contributed by atoms with van der Waals surface area (Å²) in [4.78, 5) is 49.3. The van der Waals surface area contributed by atoms with E-state index >= 15 is 0 Å². The van der Waals surface area contributed by atoms with E-state index in [1.54, 1.807) is 13.8 Å². The SMILES string of the molecule is CCOC(=O)C[C@H](C)[C@@H](NC(=O)[C@@H](Cc1ccccc1)NC(=O)OCc1ccccc1)C(N)=O. The predicted octanol–water partition coefficient (Wildman–Crippen LogP) is 2.08. The van der Waals surface area contributed by atoms with Crippen molar-refractivity contribution >= 4 is 23.9 Å². The van der Waals surface area contributed by atoms with Crippen molar-refractivity contribution in [3.8, 4) is 0 Å². The highest BCUT2D eigenvalue weighted by Crippen LogP contribution is 2.11. The van der Waals surface area contributed by atoms with E-state index in [1.165, 1.54) is 0 Å². The zero-order chi connectivity index (χ0) is 24.9. The third-order valence-corrected chi connectivity index (χ3v) is 5.07. The van der Waals surface area contributed by atoms with Crippen LogP contribution in [0.25, 0.3) is 0 Å². The first-order valence-electron chi connectivity index (χ1n) is 11.1. The Labute approximate surface area is 199 Å². The number of ether oxygens (including phenoxy) is 2. The minimum absolute atomic E-state index is 0.0346. The van der Waals surface area contributed by atoms with Gasteiger partial charge < -0.3 is 25.8 Å². The van der Waals surface area contributed by atoms with Gasteiger partial charge in [0.25, 0.3) is 0 Å². The molecule has 0 aliphatic carbocycles. The molecule has 3 amide bonds. The summed E-state index contributed by atoms with van der Waals surface area (Å²) in [6, 6.07) is 16.0. The van der Waals surface area contributed by atoms with E-state index in [0.29, 0.717) is 0 Å². The molecule has 0 saturated heterocycles. The van der Waals surface area contributed by atoms with Gasteiger partial charge >= 0.3 is 12.1 Å². The molecule has 0 radical (unpaired) electrons. The third-order valence-electron chi connectivity index (χ3n) is 5.07. The van der Waals surface area contributed by atoms with Gasteiger partial charge in [-0.05, 0) is 24.0 Å². The van der Waals surface area contributed by atoms with Gasteiger partial charge in [0.05, 0.1) is 13.0 Å². The van der Waals surface area contributed by atoms with Gasteiger partial charge in [-0.2, -0.15) is 0 Å². The molecule has 0 fully saturated rings. The highest BCUT2D eigenvalue weighted by atomic mass is 16.5. The van der Waals surface area contributed by atoms with Gasteiger partial charge in [0.1, 0.15) is 18.7 Å². The molecule has 2 aromatic rings. The van der Waals surface area contributed by atoms with Crippen LogP contribution in [0.2, 0.25) is 0 Å². The summed E-state index contributed by atoms with van der Waals surface area (Å²) in [6.07, 6.45) is -0.724. The second-order valence-electron chi connectivity index (χ2n) is 7.82. The molecule has 4 N–H and O–H groups in total. The number of rotatable bonds is 12. The molecule has 2 aromatic carbocycles. The first-order valence-corrected chi connectivity index (χ1v) is 11.1. The molecule has 34 heavy (non-hydrogen) atoms. The Morgan fingerprint density at radius 2 is 1.47 bits per heavy atom. The Morgan fingerprint density at radius 1 is 0.882 bits per heavy atom. The fourth-order valence-electron chi connectivity index (χ4n) is 3.31. The van der Waals surface area contributed by atoms with Crippen molar-refractivity contribution in [2.75, 3.05) is 6.61 Å². The van der Waals surface area contributed by atoms with Crippen molar-refractivity contribution in [1.29, 1.82) is 0 Å². The lowest BCUT2D eigenvalue weighted by atomic mass is 9.96. The summed E-state index contributed by atoms with van der Waals surface area (Å²) in [5.74, 6) is -2.53. The number of esters is 1. The van der Waals surface area contributed by atoms with Crippen LogP contribution in [0.1, 0.15) is 31.4 Å². The largest absolute Gasteiger partial charge is 0.466 e. The topological polar surface area (TPSA) is 137 Å². The Bertz CT molecular complexity index is 952.